The molecule has 2 aliphatic rings. The summed E-state index contributed by atoms with van der Waals surface area (Å²) in [5.41, 5.74) is 1.96. The van der Waals surface area contributed by atoms with Crippen LogP contribution in [-0.2, 0) is 18.4 Å². The number of pyridine rings is 1. The van der Waals surface area contributed by atoms with Crippen LogP contribution in [0.3, 0.4) is 0 Å². The van der Waals surface area contributed by atoms with E-state index in [1.807, 2.05) is 11.7 Å². The van der Waals surface area contributed by atoms with E-state index in [1.54, 1.807) is 0 Å². The molecule has 6 heteroatoms. The Balaban J connectivity index is 1.37. The molecule has 2 aliphatic heterocycles. The molecule has 0 amide bonds. The van der Waals surface area contributed by atoms with Crippen LogP contribution in [0.5, 0.6) is 0 Å². The largest absolute Gasteiger partial charge is 0.375 e. The molecule has 0 saturated carbocycles. The van der Waals surface area contributed by atoms with Gasteiger partial charge in [0.05, 0.1) is 18.9 Å². The Labute approximate surface area is 168 Å². The summed E-state index contributed by atoms with van der Waals surface area (Å²) in [5, 5.41) is 5.81. The highest BCUT2D eigenvalue weighted by Gasteiger charge is 2.17. The first-order chi connectivity index (χ1) is 13.7. The highest BCUT2D eigenvalue weighted by atomic mass is 16.5. The van der Waals surface area contributed by atoms with Crippen LogP contribution in [0.1, 0.15) is 51.1 Å². The summed E-state index contributed by atoms with van der Waals surface area (Å²) in [6, 6.07) is 4.34. The molecule has 2 aromatic rings. The smallest absolute Gasteiger partial charge is 0.160 e. The molecule has 0 N–H and O–H groups in total. The minimum absolute atomic E-state index is 0.556. The molecular weight excluding hydrogens is 350 g/mol. The first-order valence-electron chi connectivity index (χ1n) is 11.1. The van der Waals surface area contributed by atoms with Crippen LogP contribution in [-0.4, -0.2) is 59.0 Å². The van der Waals surface area contributed by atoms with E-state index >= 15 is 0 Å². The fourth-order valence-corrected chi connectivity index (χ4v) is 4.59. The van der Waals surface area contributed by atoms with Gasteiger partial charge in [-0.2, -0.15) is 5.10 Å². The fourth-order valence-electron chi connectivity index (χ4n) is 4.59. The highest BCUT2D eigenvalue weighted by molar-refractivity contribution is 5.80. The van der Waals surface area contributed by atoms with Crippen molar-refractivity contribution >= 4 is 16.9 Å². The maximum absolute atomic E-state index is 6.04. The van der Waals surface area contributed by atoms with Crippen molar-refractivity contribution in [2.24, 2.45) is 13.0 Å². The van der Waals surface area contributed by atoms with Gasteiger partial charge in [-0.3, -0.25) is 4.68 Å². The number of hydrogen-bond acceptors (Lipinski definition) is 5. The first-order valence-corrected chi connectivity index (χ1v) is 11.1. The third-order valence-corrected chi connectivity index (χ3v) is 6.09. The third-order valence-electron chi connectivity index (χ3n) is 6.09. The standard InChI is InChI=1S/C22H35N5O/c1-18(15-26-11-7-8-12-26)16-28-17-20-19-9-10-21(23-22(19)25(2)24-20)27-13-5-3-4-6-14-27/h9-10,18H,3-8,11-17H2,1-2H3/t18-/m0/s1. The number of rotatable bonds is 7. The van der Waals surface area contributed by atoms with Crippen molar-refractivity contribution in [1.82, 2.24) is 19.7 Å². The Morgan fingerprint density at radius 3 is 2.46 bits per heavy atom. The number of ether oxygens (including phenoxy) is 1. The topological polar surface area (TPSA) is 46.4 Å². The SMILES string of the molecule is C[C@H](COCc1nn(C)c2nc(N3CCCCCC3)ccc12)CN1CCCC1. The van der Waals surface area contributed by atoms with Crippen molar-refractivity contribution in [2.75, 3.05) is 44.2 Å². The van der Waals surface area contributed by atoms with E-state index < -0.39 is 0 Å². The van der Waals surface area contributed by atoms with Crippen molar-refractivity contribution in [2.45, 2.75) is 52.1 Å². The Morgan fingerprint density at radius 2 is 1.71 bits per heavy atom. The highest BCUT2D eigenvalue weighted by Crippen LogP contribution is 2.23. The van der Waals surface area contributed by atoms with E-state index in [9.17, 15) is 0 Å². The molecule has 154 valence electrons. The zero-order valence-corrected chi connectivity index (χ0v) is 17.6. The second-order valence-corrected chi connectivity index (χ2v) is 8.64. The van der Waals surface area contributed by atoms with Gasteiger partial charge in [0, 0.05) is 32.1 Å². The van der Waals surface area contributed by atoms with Crippen LogP contribution in [0.4, 0.5) is 5.82 Å². The molecule has 0 aliphatic carbocycles. The predicted molar refractivity (Wildman–Crippen MR) is 114 cm³/mol. The van der Waals surface area contributed by atoms with Crippen molar-refractivity contribution in [3.8, 4) is 0 Å². The van der Waals surface area contributed by atoms with E-state index in [-0.39, 0.29) is 0 Å². The molecule has 0 aromatic carbocycles. The van der Waals surface area contributed by atoms with Gasteiger partial charge in [-0.25, -0.2) is 4.98 Å². The van der Waals surface area contributed by atoms with Crippen LogP contribution in [0.2, 0.25) is 0 Å². The number of aromatic nitrogens is 3. The van der Waals surface area contributed by atoms with Crippen molar-refractivity contribution < 1.29 is 4.74 Å². The van der Waals surface area contributed by atoms with E-state index in [0.717, 1.165) is 48.8 Å². The lowest BCUT2D eigenvalue weighted by atomic mass is 10.2. The summed E-state index contributed by atoms with van der Waals surface area (Å²) in [5.74, 6) is 1.64. The average Bonchev–Trinajstić information content (AvgIpc) is 3.20. The summed E-state index contributed by atoms with van der Waals surface area (Å²) < 4.78 is 7.94. The van der Waals surface area contributed by atoms with Gasteiger partial charge >= 0.3 is 0 Å². The Bertz CT molecular complexity index is 760. The molecule has 2 saturated heterocycles. The van der Waals surface area contributed by atoms with E-state index in [0.29, 0.717) is 12.5 Å². The van der Waals surface area contributed by atoms with E-state index in [4.69, 9.17) is 14.8 Å². The summed E-state index contributed by atoms with van der Waals surface area (Å²) in [6.07, 6.45) is 7.89. The van der Waals surface area contributed by atoms with Gasteiger partial charge < -0.3 is 14.5 Å². The second-order valence-electron chi connectivity index (χ2n) is 8.64. The van der Waals surface area contributed by atoms with Gasteiger partial charge in [0.2, 0.25) is 0 Å². The van der Waals surface area contributed by atoms with Crippen molar-refractivity contribution in [1.29, 1.82) is 0 Å². The van der Waals surface area contributed by atoms with Crippen molar-refractivity contribution in [3.63, 3.8) is 0 Å². The third kappa shape index (κ3) is 4.66. The molecule has 0 unspecified atom stereocenters. The van der Waals surface area contributed by atoms with Gasteiger partial charge in [-0.1, -0.05) is 19.8 Å². The van der Waals surface area contributed by atoms with Crippen LogP contribution < -0.4 is 4.90 Å². The number of hydrogen-bond donors (Lipinski definition) is 0. The number of aryl methyl sites for hydroxylation is 1. The van der Waals surface area contributed by atoms with Gasteiger partial charge in [0.1, 0.15) is 5.82 Å². The lowest BCUT2D eigenvalue weighted by Crippen LogP contribution is -2.27. The first kappa shape index (κ1) is 19.6. The Hall–Kier alpha value is -1.66. The fraction of sp³-hybridized carbons (Fsp3) is 0.727. The Kier molecular flexibility index (Phi) is 6.47. The molecular formula is C22H35N5O. The quantitative estimate of drug-likeness (QED) is 0.729. The molecule has 2 aromatic heterocycles. The molecule has 6 nitrogen and oxygen atoms in total. The molecule has 2 fully saturated rings. The maximum Gasteiger partial charge on any atom is 0.160 e. The molecule has 0 spiro atoms. The predicted octanol–water partition coefficient (Wildman–Crippen LogP) is 3.60. The normalized spacial score (nSPS) is 20.0. The van der Waals surface area contributed by atoms with E-state index in [2.05, 4.69) is 28.9 Å². The van der Waals surface area contributed by atoms with Crippen LogP contribution in [0.25, 0.3) is 11.0 Å². The van der Waals surface area contributed by atoms with Gasteiger partial charge in [-0.15, -0.1) is 0 Å². The molecule has 4 heterocycles. The van der Waals surface area contributed by atoms with Crippen molar-refractivity contribution in [3.05, 3.63) is 17.8 Å². The summed E-state index contributed by atoms with van der Waals surface area (Å²) in [4.78, 5) is 9.92. The molecule has 4 rings (SSSR count). The second kappa shape index (κ2) is 9.23. The summed E-state index contributed by atoms with van der Waals surface area (Å²) in [6.45, 7) is 9.50. The van der Waals surface area contributed by atoms with Crippen LogP contribution in [0, 0.1) is 5.92 Å². The lowest BCUT2D eigenvalue weighted by Gasteiger charge is -2.21. The minimum atomic E-state index is 0.556. The number of fused-ring (bicyclic) bond motifs is 1. The maximum atomic E-state index is 6.04. The number of nitrogens with zero attached hydrogens (tertiary/aromatic N) is 5. The molecule has 0 bridgehead atoms. The average molecular weight is 386 g/mol. The van der Waals surface area contributed by atoms with Gasteiger partial charge in [0.25, 0.3) is 0 Å². The Morgan fingerprint density at radius 1 is 1.00 bits per heavy atom. The summed E-state index contributed by atoms with van der Waals surface area (Å²) in [7, 11) is 1.99. The zero-order valence-electron chi connectivity index (χ0n) is 17.6. The number of anilines is 1. The summed E-state index contributed by atoms with van der Waals surface area (Å²) >= 11 is 0. The molecule has 1 atom stereocenters. The van der Waals surface area contributed by atoms with Gasteiger partial charge in [0.15, 0.2) is 5.65 Å². The van der Waals surface area contributed by atoms with Crippen LogP contribution in [0.15, 0.2) is 12.1 Å². The van der Waals surface area contributed by atoms with E-state index in [1.165, 1.54) is 51.6 Å². The molecule has 0 radical (unpaired) electrons. The van der Waals surface area contributed by atoms with Crippen LogP contribution >= 0.6 is 0 Å². The molecule has 28 heavy (non-hydrogen) atoms. The zero-order chi connectivity index (χ0) is 19.3. The number of likely N-dealkylation sites (tertiary alicyclic amines) is 1. The monoisotopic (exact) mass is 385 g/mol. The minimum Gasteiger partial charge on any atom is -0.375 e. The lowest BCUT2D eigenvalue weighted by molar-refractivity contribution is 0.0786. The van der Waals surface area contributed by atoms with Gasteiger partial charge in [-0.05, 0) is 56.8 Å².